The molecule has 1 aromatic carbocycles. The summed E-state index contributed by atoms with van der Waals surface area (Å²) in [6.45, 7) is 0.141. The highest BCUT2D eigenvalue weighted by atomic mass is 79.9. The lowest BCUT2D eigenvalue weighted by Crippen LogP contribution is -2.01. The molecule has 0 spiro atoms. The number of halogens is 1. The predicted molar refractivity (Wildman–Crippen MR) is 74.4 cm³/mol. The minimum atomic E-state index is 0.141. The number of ether oxygens (including phenoxy) is 2. The molecule has 0 atom stereocenters. The maximum atomic E-state index is 5.49. The number of alkyl halides is 1. The first-order valence-electron chi connectivity index (χ1n) is 5.70. The molecule has 0 aliphatic carbocycles. The average molecular weight is 323 g/mol. The van der Waals surface area contributed by atoms with Crippen LogP contribution in [0.2, 0.25) is 0 Å². The van der Waals surface area contributed by atoms with E-state index in [0.29, 0.717) is 16.9 Å². The number of methoxy groups -OCH3 is 1. The number of aromatic nitrogens is 2. The SMILES string of the molecule is COCOc1nc2onc(CBr)c2c2ccccc12. The molecule has 0 bridgehead atoms. The van der Waals surface area contributed by atoms with E-state index in [0.717, 1.165) is 21.9 Å². The minimum absolute atomic E-state index is 0.141. The van der Waals surface area contributed by atoms with E-state index in [1.54, 1.807) is 7.11 Å². The Morgan fingerprint density at radius 1 is 1.26 bits per heavy atom. The molecule has 6 heteroatoms. The number of hydrogen-bond acceptors (Lipinski definition) is 5. The van der Waals surface area contributed by atoms with Crippen LogP contribution < -0.4 is 4.74 Å². The smallest absolute Gasteiger partial charge is 0.261 e. The van der Waals surface area contributed by atoms with Crippen LogP contribution in [0.1, 0.15) is 5.69 Å². The van der Waals surface area contributed by atoms with Crippen LogP contribution in [-0.2, 0) is 10.1 Å². The van der Waals surface area contributed by atoms with Gasteiger partial charge in [-0.25, -0.2) is 0 Å². The van der Waals surface area contributed by atoms with Gasteiger partial charge in [-0.05, 0) is 6.07 Å². The Balaban J connectivity index is 2.32. The van der Waals surface area contributed by atoms with Crippen LogP contribution in [-0.4, -0.2) is 24.0 Å². The van der Waals surface area contributed by atoms with E-state index in [2.05, 4.69) is 26.1 Å². The first-order valence-corrected chi connectivity index (χ1v) is 6.82. The summed E-state index contributed by atoms with van der Waals surface area (Å²) in [5.74, 6) is 0.488. The fraction of sp³-hybridized carbons (Fsp3) is 0.231. The first kappa shape index (κ1) is 12.4. The van der Waals surface area contributed by atoms with Crippen molar-refractivity contribution in [2.24, 2.45) is 0 Å². The van der Waals surface area contributed by atoms with E-state index in [4.69, 9.17) is 14.0 Å². The molecule has 0 fully saturated rings. The molecule has 0 amide bonds. The van der Waals surface area contributed by atoms with Crippen molar-refractivity contribution in [1.29, 1.82) is 0 Å². The third-order valence-corrected chi connectivity index (χ3v) is 3.35. The fourth-order valence-corrected chi connectivity index (χ4v) is 2.40. The van der Waals surface area contributed by atoms with Gasteiger partial charge in [0.25, 0.3) is 5.71 Å². The highest BCUT2D eigenvalue weighted by molar-refractivity contribution is 9.08. The molecule has 3 aromatic rings. The molecule has 19 heavy (non-hydrogen) atoms. The highest BCUT2D eigenvalue weighted by Gasteiger charge is 2.16. The summed E-state index contributed by atoms with van der Waals surface area (Å²) < 4.78 is 15.7. The van der Waals surface area contributed by atoms with Crippen LogP contribution in [0.25, 0.3) is 21.9 Å². The molecule has 2 heterocycles. The first-order chi connectivity index (χ1) is 9.35. The van der Waals surface area contributed by atoms with Crippen molar-refractivity contribution < 1.29 is 14.0 Å². The summed E-state index contributed by atoms with van der Waals surface area (Å²) in [5, 5.41) is 7.47. The number of rotatable bonds is 4. The Kier molecular flexibility index (Phi) is 3.35. The second-order valence-corrected chi connectivity index (χ2v) is 4.52. The summed E-state index contributed by atoms with van der Waals surface area (Å²) >= 11 is 3.40. The standard InChI is InChI=1S/C13H11BrN2O3/c1-17-7-18-12-9-5-3-2-4-8(9)11-10(6-14)16-19-13(11)15-12/h2-5H,6-7H2,1H3. The van der Waals surface area contributed by atoms with Crippen LogP contribution in [0, 0.1) is 0 Å². The van der Waals surface area contributed by atoms with Gasteiger partial charge in [-0.1, -0.05) is 39.3 Å². The zero-order valence-electron chi connectivity index (χ0n) is 10.2. The van der Waals surface area contributed by atoms with Crippen LogP contribution in [0.3, 0.4) is 0 Å². The van der Waals surface area contributed by atoms with E-state index in [-0.39, 0.29) is 6.79 Å². The number of fused-ring (bicyclic) bond motifs is 3. The molecule has 0 N–H and O–H groups in total. The highest BCUT2D eigenvalue weighted by Crippen LogP contribution is 2.33. The predicted octanol–water partition coefficient (Wildman–Crippen LogP) is 3.25. The largest absolute Gasteiger partial charge is 0.450 e. The summed E-state index contributed by atoms with van der Waals surface area (Å²) in [7, 11) is 1.57. The zero-order valence-corrected chi connectivity index (χ0v) is 11.8. The van der Waals surface area contributed by atoms with Gasteiger partial charge in [0.1, 0.15) is 5.69 Å². The average Bonchev–Trinajstić information content (AvgIpc) is 2.88. The van der Waals surface area contributed by atoms with Gasteiger partial charge in [-0.3, -0.25) is 0 Å². The second kappa shape index (κ2) is 5.14. The van der Waals surface area contributed by atoms with Crippen LogP contribution in [0.15, 0.2) is 28.8 Å². The molecule has 3 rings (SSSR count). The van der Waals surface area contributed by atoms with Gasteiger partial charge in [0.2, 0.25) is 5.88 Å². The van der Waals surface area contributed by atoms with Crippen molar-refractivity contribution in [2.45, 2.75) is 5.33 Å². The van der Waals surface area contributed by atoms with Gasteiger partial charge in [-0.2, -0.15) is 4.98 Å². The monoisotopic (exact) mass is 322 g/mol. The lowest BCUT2D eigenvalue weighted by molar-refractivity contribution is 0.0491. The van der Waals surface area contributed by atoms with Gasteiger partial charge < -0.3 is 14.0 Å². The molecule has 98 valence electrons. The second-order valence-electron chi connectivity index (χ2n) is 3.96. The Hall–Kier alpha value is -1.66. The minimum Gasteiger partial charge on any atom is -0.450 e. The molecule has 0 unspecified atom stereocenters. The molecule has 5 nitrogen and oxygen atoms in total. The van der Waals surface area contributed by atoms with Crippen molar-refractivity contribution >= 4 is 37.8 Å². The normalized spacial score (nSPS) is 11.3. The van der Waals surface area contributed by atoms with E-state index in [1.165, 1.54) is 0 Å². The Morgan fingerprint density at radius 2 is 2.05 bits per heavy atom. The summed E-state index contributed by atoms with van der Waals surface area (Å²) in [6.07, 6.45) is 0. The Bertz CT molecular complexity index is 726. The molecule has 0 aliphatic heterocycles. The molecule has 2 aromatic heterocycles. The van der Waals surface area contributed by atoms with Crippen molar-refractivity contribution in [2.75, 3.05) is 13.9 Å². The molecule has 0 radical (unpaired) electrons. The van der Waals surface area contributed by atoms with Crippen LogP contribution in [0.4, 0.5) is 0 Å². The van der Waals surface area contributed by atoms with E-state index in [9.17, 15) is 0 Å². The lowest BCUT2D eigenvalue weighted by atomic mass is 10.1. The van der Waals surface area contributed by atoms with Crippen molar-refractivity contribution in [1.82, 2.24) is 10.1 Å². The van der Waals surface area contributed by atoms with Gasteiger partial charge in [0.05, 0.1) is 5.39 Å². The molecular formula is C13H11BrN2O3. The third-order valence-electron chi connectivity index (χ3n) is 2.81. The fourth-order valence-electron chi connectivity index (χ4n) is 2.02. The van der Waals surface area contributed by atoms with Gasteiger partial charge in [0.15, 0.2) is 6.79 Å². The Labute approximate surface area is 117 Å². The number of nitrogens with zero attached hydrogens (tertiary/aromatic N) is 2. The van der Waals surface area contributed by atoms with Crippen molar-refractivity contribution in [3.05, 3.63) is 30.0 Å². The summed E-state index contributed by atoms with van der Waals surface area (Å²) in [4.78, 5) is 4.36. The van der Waals surface area contributed by atoms with Crippen LogP contribution >= 0.6 is 15.9 Å². The molecular weight excluding hydrogens is 312 g/mol. The van der Waals surface area contributed by atoms with E-state index < -0.39 is 0 Å². The zero-order chi connectivity index (χ0) is 13.2. The van der Waals surface area contributed by atoms with E-state index in [1.807, 2.05) is 24.3 Å². The number of benzene rings is 1. The topological polar surface area (TPSA) is 57.4 Å². The van der Waals surface area contributed by atoms with Crippen molar-refractivity contribution in [3.8, 4) is 5.88 Å². The maximum Gasteiger partial charge on any atom is 0.261 e. The molecule has 0 aliphatic rings. The summed E-state index contributed by atoms with van der Waals surface area (Å²) in [6, 6.07) is 7.86. The molecule has 0 saturated heterocycles. The number of pyridine rings is 1. The van der Waals surface area contributed by atoms with E-state index >= 15 is 0 Å². The van der Waals surface area contributed by atoms with Gasteiger partial charge >= 0.3 is 0 Å². The molecule has 0 saturated carbocycles. The van der Waals surface area contributed by atoms with Gasteiger partial charge in [0, 0.05) is 23.2 Å². The van der Waals surface area contributed by atoms with Gasteiger partial charge in [-0.15, -0.1) is 0 Å². The quantitative estimate of drug-likeness (QED) is 0.545. The summed E-state index contributed by atoms with van der Waals surface area (Å²) in [5.41, 5.74) is 1.30. The number of hydrogen-bond donors (Lipinski definition) is 0. The third kappa shape index (κ3) is 2.06. The van der Waals surface area contributed by atoms with Crippen molar-refractivity contribution in [3.63, 3.8) is 0 Å². The maximum absolute atomic E-state index is 5.49. The Morgan fingerprint density at radius 3 is 2.79 bits per heavy atom. The van der Waals surface area contributed by atoms with Crippen LogP contribution in [0.5, 0.6) is 5.88 Å². The lowest BCUT2D eigenvalue weighted by Gasteiger charge is -2.07.